The van der Waals surface area contributed by atoms with Crippen LogP contribution in [0.2, 0.25) is 0 Å². The van der Waals surface area contributed by atoms with E-state index in [1.165, 1.54) is 13.2 Å². The SMILES string of the molecule is COC(=O)C=CCC=CS(=O)c1ccc(OC)cc1. The van der Waals surface area contributed by atoms with Crippen LogP contribution < -0.4 is 4.74 Å². The molecule has 0 saturated heterocycles. The summed E-state index contributed by atoms with van der Waals surface area (Å²) in [6, 6.07) is 7.03. The monoisotopic (exact) mass is 280 g/mol. The standard InChI is InChI=1S/C14H16O4S/c1-17-12-7-9-13(10-8-12)19(16)11-5-3-4-6-14(15)18-2/h4-11H,3H2,1-2H3. The number of benzene rings is 1. The number of rotatable bonds is 6. The minimum atomic E-state index is -1.20. The summed E-state index contributed by atoms with van der Waals surface area (Å²) in [6.45, 7) is 0. The van der Waals surface area contributed by atoms with E-state index in [9.17, 15) is 9.00 Å². The van der Waals surface area contributed by atoms with E-state index in [1.54, 1.807) is 48.9 Å². The first-order chi connectivity index (χ1) is 9.17. The predicted octanol–water partition coefficient (Wildman–Crippen LogP) is 2.44. The lowest BCUT2D eigenvalue weighted by molar-refractivity contribution is -0.134. The summed E-state index contributed by atoms with van der Waals surface area (Å²) in [7, 11) is 1.71. The smallest absolute Gasteiger partial charge is 0.330 e. The summed E-state index contributed by atoms with van der Waals surface area (Å²) >= 11 is 0. The fraction of sp³-hybridized carbons (Fsp3) is 0.214. The number of ether oxygens (including phenoxy) is 2. The van der Waals surface area contributed by atoms with E-state index in [1.807, 2.05) is 0 Å². The van der Waals surface area contributed by atoms with Gasteiger partial charge >= 0.3 is 5.97 Å². The van der Waals surface area contributed by atoms with Gasteiger partial charge in [-0.1, -0.05) is 12.2 Å². The molecule has 1 aromatic rings. The highest BCUT2D eigenvalue weighted by Crippen LogP contribution is 2.14. The van der Waals surface area contributed by atoms with Gasteiger partial charge in [0.25, 0.3) is 0 Å². The largest absolute Gasteiger partial charge is 0.497 e. The minimum absolute atomic E-state index is 0.398. The summed E-state index contributed by atoms with van der Waals surface area (Å²) < 4.78 is 21.3. The Morgan fingerprint density at radius 2 is 1.89 bits per heavy atom. The Hall–Kier alpha value is -1.88. The van der Waals surface area contributed by atoms with Gasteiger partial charge in [0.15, 0.2) is 0 Å². The van der Waals surface area contributed by atoms with Crippen LogP contribution in [-0.2, 0) is 20.3 Å². The van der Waals surface area contributed by atoms with E-state index in [-0.39, 0.29) is 0 Å². The summed E-state index contributed by atoms with van der Waals surface area (Å²) in [5.41, 5.74) is 0. The molecule has 4 nitrogen and oxygen atoms in total. The van der Waals surface area contributed by atoms with E-state index < -0.39 is 16.8 Å². The van der Waals surface area contributed by atoms with Crippen LogP contribution in [0.15, 0.2) is 52.8 Å². The van der Waals surface area contributed by atoms with Crippen molar-refractivity contribution in [3.63, 3.8) is 0 Å². The van der Waals surface area contributed by atoms with Crippen molar-refractivity contribution in [3.8, 4) is 5.75 Å². The minimum Gasteiger partial charge on any atom is -0.497 e. The maximum Gasteiger partial charge on any atom is 0.330 e. The average molecular weight is 280 g/mol. The Morgan fingerprint density at radius 1 is 1.21 bits per heavy atom. The summed E-state index contributed by atoms with van der Waals surface area (Å²) in [5.74, 6) is 0.329. The van der Waals surface area contributed by atoms with E-state index in [0.29, 0.717) is 11.3 Å². The van der Waals surface area contributed by atoms with Gasteiger partial charge in [-0.25, -0.2) is 9.00 Å². The average Bonchev–Trinajstić information content (AvgIpc) is 2.46. The Balaban J connectivity index is 2.49. The topological polar surface area (TPSA) is 52.6 Å². The predicted molar refractivity (Wildman–Crippen MR) is 74.3 cm³/mol. The molecule has 0 heterocycles. The van der Waals surface area contributed by atoms with Crippen molar-refractivity contribution in [3.05, 3.63) is 47.9 Å². The molecule has 0 radical (unpaired) electrons. The molecule has 0 N–H and O–H groups in total. The van der Waals surface area contributed by atoms with Crippen molar-refractivity contribution in [1.29, 1.82) is 0 Å². The van der Waals surface area contributed by atoms with Gasteiger partial charge in [-0.05, 0) is 30.7 Å². The summed E-state index contributed by atoms with van der Waals surface area (Å²) in [6.07, 6.45) is 5.24. The first-order valence-corrected chi connectivity index (χ1v) is 6.84. The lowest BCUT2D eigenvalue weighted by atomic mass is 10.3. The van der Waals surface area contributed by atoms with Crippen molar-refractivity contribution in [1.82, 2.24) is 0 Å². The molecule has 0 aliphatic heterocycles. The number of esters is 1. The third-order valence-corrected chi connectivity index (χ3v) is 3.42. The molecule has 0 saturated carbocycles. The van der Waals surface area contributed by atoms with E-state index >= 15 is 0 Å². The highest BCUT2D eigenvalue weighted by molar-refractivity contribution is 7.88. The van der Waals surface area contributed by atoms with Crippen LogP contribution in [0.1, 0.15) is 6.42 Å². The van der Waals surface area contributed by atoms with Crippen molar-refractivity contribution < 1.29 is 18.5 Å². The molecule has 102 valence electrons. The van der Waals surface area contributed by atoms with Gasteiger partial charge in [-0.15, -0.1) is 0 Å². The molecular formula is C14H16O4S. The number of allylic oxidation sites excluding steroid dienone is 2. The zero-order valence-electron chi connectivity index (χ0n) is 10.9. The second kappa shape index (κ2) is 8.26. The zero-order valence-corrected chi connectivity index (χ0v) is 11.7. The van der Waals surface area contributed by atoms with Gasteiger partial charge in [-0.2, -0.15) is 0 Å². The second-order valence-electron chi connectivity index (χ2n) is 3.51. The van der Waals surface area contributed by atoms with Gasteiger partial charge in [-0.3, -0.25) is 0 Å². The third-order valence-electron chi connectivity index (χ3n) is 2.24. The van der Waals surface area contributed by atoms with Crippen LogP contribution >= 0.6 is 0 Å². The second-order valence-corrected chi connectivity index (χ2v) is 4.84. The zero-order chi connectivity index (χ0) is 14.1. The highest BCUT2D eigenvalue weighted by Gasteiger charge is 1.99. The molecule has 1 rings (SSSR count). The van der Waals surface area contributed by atoms with Crippen LogP contribution in [0.3, 0.4) is 0 Å². The van der Waals surface area contributed by atoms with Crippen molar-refractivity contribution in [2.75, 3.05) is 14.2 Å². The van der Waals surface area contributed by atoms with Gasteiger partial charge < -0.3 is 9.47 Å². The molecule has 0 aliphatic rings. The van der Waals surface area contributed by atoms with Crippen LogP contribution in [0.25, 0.3) is 0 Å². The molecule has 5 heteroatoms. The molecule has 0 spiro atoms. The molecule has 0 aliphatic carbocycles. The third kappa shape index (κ3) is 5.52. The summed E-state index contributed by atoms with van der Waals surface area (Å²) in [4.78, 5) is 11.5. The maximum atomic E-state index is 11.9. The van der Waals surface area contributed by atoms with Crippen molar-refractivity contribution in [2.45, 2.75) is 11.3 Å². The van der Waals surface area contributed by atoms with Crippen LogP contribution in [0.4, 0.5) is 0 Å². The fourth-order valence-electron chi connectivity index (χ4n) is 1.24. The van der Waals surface area contributed by atoms with Gasteiger partial charge in [0.1, 0.15) is 5.75 Å². The van der Waals surface area contributed by atoms with Crippen LogP contribution in [-0.4, -0.2) is 24.4 Å². The van der Waals surface area contributed by atoms with Crippen LogP contribution in [0.5, 0.6) is 5.75 Å². The van der Waals surface area contributed by atoms with E-state index in [4.69, 9.17) is 4.74 Å². The van der Waals surface area contributed by atoms with E-state index in [0.717, 1.165) is 5.75 Å². The fourth-order valence-corrected chi connectivity index (χ4v) is 2.09. The molecule has 0 aromatic heterocycles. The number of methoxy groups -OCH3 is 2. The molecular weight excluding hydrogens is 264 g/mol. The molecule has 0 fully saturated rings. The quantitative estimate of drug-likeness (QED) is 0.593. The summed E-state index contributed by atoms with van der Waals surface area (Å²) in [5, 5.41) is 1.59. The number of hydrogen-bond donors (Lipinski definition) is 0. The van der Waals surface area contributed by atoms with Gasteiger partial charge in [0, 0.05) is 16.4 Å². The van der Waals surface area contributed by atoms with E-state index in [2.05, 4.69) is 4.74 Å². The molecule has 1 unspecified atom stereocenters. The molecule has 1 atom stereocenters. The molecule has 19 heavy (non-hydrogen) atoms. The lowest BCUT2D eigenvalue weighted by Gasteiger charge is -2.00. The number of carbonyl (C=O) groups is 1. The molecule has 0 amide bonds. The Labute approximate surface area is 115 Å². The van der Waals surface area contributed by atoms with Crippen LogP contribution in [0, 0.1) is 0 Å². The molecule has 1 aromatic carbocycles. The van der Waals surface area contributed by atoms with Gasteiger partial charge in [0.05, 0.1) is 25.0 Å². The van der Waals surface area contributed by atoms with Gasteiger partial charge in [0.2, 0.25) is 0 Å². The Kier molecular flexibility index (Phi) is 6.60. The van der Waals surface area contributed by atoms with Crippen molar-refractivity contribution in [2.24, 2.45) is 0 Å². The lowest BCUT2D eigenvalue weighted by Crippen LogP contribution is -1.93. The first kappa shape index (κ1) is 15.2. The Bertz CT molecular complexity index is 489. The van der Waals surface area contributed by atoms with Crippen molar-refractivity contribution >= 4 is 16.8 Å². The number of hydrogen-bond acceptors (Lipinski definition) is 4. The molecule has 0 bridgehead atoms. The first-order valence-electron chi connectivity index (χ1n) is 5.63. The Morgan fingerprint density at radius 3 is 2.47 bits per heavy atom. The normalized spacial score (nSPS) is 12.7. The maximum absolute atomic E-state index is 11.9. The number of carbonyl (C=O) groups excluding carboxylic acids is 1. The highest BCUT2D eigenvalue weighted by atomic mass is 32.2.